The van der Waals surface area contributed by atoms with Gasteiger partial charge in [-0.15, -0.1) is 0 Å². The molecule has 0 bridgehead atoms. The summed E-state index contributed by atoms with van der Waals surface area (Å²) in [5, 5.41) is 9.40. The number of anilines is 1. The molecule has 1 N–H and O–H groups in total. The maximum absolute atomic E-state index is 13.3. The molecule has 0 heterocycles. The number of rotatable bonds is 8. The predicted molar refractivity (Wildman–Crippen MR) is 121 cm³/mol. The molecule has 0 spiro atoms. The molecule has 0 fully saturated rings. The Bertz CT molecular complexity index is 947. The molecule has 156 valence electrons. The van der Waals surface area contributed by atoms with E-state index in [9.17, 15) is 9.90 Å². The van der Waals surface area contributed by atoms with Crippen LogP contribution < -0.4 is 9.64 Å². The number of benzene rings is 3. The van der Waals surface area contributed by atoms with Crippen molar-refractivity contribution in [3.8, 4) is 5.75 Å². The van der Waals surface area contributed by atoms with Crippen molar-refractivity contribution < 1.29 is 14.6 Å². The minimum atomic E-state index is 0.0312. The van der Waals surface area contributed by atoms with Gasteiger partial charge in [0.15, 0.2) is 0 Å². The summed E-state index contributed by atoms with van der Waals surface area (Å²) in [6.45, 7) is 4.64. The molecule has 1 atom stereocenters. The maximum atomic E-state index is 13.3. The Balaban J connectivity index is 1.85. The van der Waals surface area contributed by atoms with Gasteiger partial charge in [-0.25, -0.2) is 0 Å². The second kappa shape index (κ2) is 10.1. The molecule has 0 aliphatic rings. The summed E-state index contributed by atoms with van der Waals surface area (Å²) in [4.78, 5) is 15.1. The van der Waals surface area contributed by atoms with Crippen molar-refractivity contribution >= 4 is 11.6 Å². The second-order valence-electron chi connectivity index (χ2n) is 7.67. The van der Waals surface area contributed by atoms with Gasteiger partial charge in [-0.2, -0.15) is 0 Å². The first-order chi connectivity index (χ1) is 14.5. The number of aliphatic hydroxyl groups excluding tert-OH is 1. The molecule has 30 heavy (non-hydrogen) atoms. The van der Waals surface area contributed by atoms with Gasteiger partial charge in [0.25, 0.3) is 0 Å². The molecule has 0 aliphatic heterocycles. The van der Waals surface area contributed by atoms with E-state index in [-0.39, 0.29) is 18.4 Å². The van der Waals surface area contributed by atoms with Gasteiger partial charge in [0, 0.05) is 18.2 Å². The summed E-state index contributed by atoms with van der Waals surface area (Å²) in [6, 6.07) is 23.7. The highest BCUT2D eigenvalue weighted by Crippen LogP contribution is 2.23. The normalized spacial score (nSPS) is 11.7. The van der Waals surface area contributed by atoms with Crippen molar-refractivity contribution in [1.82, 2.24) is 0 Å². The third kappa shape index (κ3) is 5.49. The van der Waals surface area contributed by atoms with E-state index in [1.165, 1.54) is 5.56 Å². The van der Waals surface area contributed by atoms with Crippen LogP contribution >= 0.6 is 0 Å². The van der Waals surface area contributed by atoms with Crippen LogP contribution in [-0.4, -0.2) is 24.7 Å². The van der Waals surface area contributed by atoms with Gasteiger partial charge in [0.05, 0.1) is 20.1 Å². The molecule has 1 amide bonds. The molecule has 3 rings (SSSR count). The molecule has 0 saturated carbocycles. The minimum Gasteiger partial charge on any atom is -0.497 e. The Hall–Kier alpha value is -3.11. The fourth-order valence-electron chi connectivity index (χ4n) is 3.30. The van der Waals surface area contributed by atoms with Crippen molar-refractivity contribution in [2.24, 2.45) is 0 Å². The Morgan fingerprint density at radius 3 is 2.10 bits per heavy atom. The molecule has 4 nitrogen and oxygen atoms in total. The predicted octanol–water partition coefficient (Wildman–Crippen LogP) is 4.88. The topological polar surface area (TPSA) is 49.8 Å². The van der Waals surface area contributed by atoms with Gasteiger partial charge in [-0.05, 0) is 47.9 Å². The van der Waals surface area contributed by atoms with Crippen LogP contribution in [0.2, 0.25) is 0 Å². The molecule has 0 radical (unpaired) electrons. The van der Waals surface area contributed by atoms with Crippen molar-refractivity contribution in [1.29, 1.82) is 0 Å². The summed E-state index contributed by atoms with van der Waals surface area (Å²) in [5.74, 6) is 0.875. The molecular formula is C26H29NO3. The van der Waals surface area contributed by atoms with E-state index in [2.05, 4.69) is 31.2 Å². The number of nitrogens with zero attached hydrogens (tertiary/aromatic N) is 1. The quantitative estimate of drug-likeness (QED) is 0.583. The zero-order valence-corrected chi connectivity index (χ0v) is 17.8. The molecule has 0 aromatic heterocycles. The maximum Gasteiger partial charge on any atom is 0.231 e. The molecule has 1 unspecified atom stereocenters. The highest BCUT2D eigenvalue weighted by molar-refractivity contribution is 5.94. The molecule has 0 saturated heterocycles. The molecular weight excluding hydrogens is 374 g/mol. The van der Waals surface area contributed by atoms with Crippen LogP contribution in [0.15, 0.2) is 72.8 Å². The summed E-state index contributed by atoms with van der Waals surface area (Å²) < 4.78 is 5.21. The van der Waals surface area contributed by atoms with E-state index in [1.807, 2.05) is 60.4 Å². The first-order valence-corrected chi connectivity index (χ1v) is 10.2. The summed E-state index contributed by atoms with van der Waals surface area (Å²) in [5.41, 5.74) is 5.12. The summed E-state index contributed by atoms with van der Waals surface area (Å²) in [7, 11) is 1.63. The number of aryl methyl sites for hydroxylation is 1. The molecule has 3 aromatic carbocycles. The number of amides is 1. The second-order valence-corrected chi connectivity index (χ2v) is 7.67. The number of ether oxygens (including phenoxy) is 1. The third-order valence-electron chi connectivity index (χ3n) is 5.32. The van der Waals surface area contributed by atoms with Gasteiger partial charge in [-0.3, -0.25) is 4.79 Å². The Morgan fingerprint density at radius 1 is 0.933 bits per heavy atom. The standard InChI is InChI=1S/C26H29NO3/c1-19-4-6-22(7-5-19)17-27(24-12-10-23(11-13-24)20(2)18-28)26(29)16-21-8-14-25(30-3)15-9-21/h4-15,20,28H,16-18H2,1-3H3. The van der Waals surface area contributed by atoms with E-state index in [4.69, 9.17) is 4.74 Å². The lowest BCUT2D eigenvalue weighted by Gasteiger charge is -2.24. The van der Waals surface area contributed by atoms with Gasteiger partial charge in [-0.1, -0.05) is 61.0 Å². The van der Waals surface area contributed by atoms with E-state index < -0.39 is 0 Å². The van der Waals surface area contributed by atoms with Gasteiger partial charge < -0.3 is 14.7 Å². The number of methoxy groups -OCH3 is 1. The number of hydrogen-bond donors (Lipinski definition) is 1. The van der Waals surface area contributed by atoms with Crippen LogP contribution in [0, 0.1) is 6.92 Å². The zero-order chi connectivity index (χ0) is 21.5. The van der Waals surface area contributed by atoms with Crippen molar-refractivity contribution in [2.45, 2.75) is 32.7 Å². The fourth-order valence-corrected chi connectivity index (χ4v) is 3.30. The Labute approximate surface area is 178 Å². The van der Waals surface area contributed by atoms with E-state index >= 15 is 0 Å². The number of aliphatic hydroxyl groups is 1. The first-order valence-electron chi connectivity index (χ1n) is 10.2. The van der Waals surface area contributed by atoms with E-state index in [0.717, 1.165) is 28.1 Å². The Morgan fingerprint density at radius 2 is 1.53 bits per heavy atom. The molecule has 0 aliphatic carbocycles. The average Bonchev–Trinajstić information content (AvgIpc) is 2.78. The number of carbonyl (C=O) groups excluding carboxylic acids is 1. The van der Waals surface area contributed by atoms with Crippen LogP contribution in [0.3, 0.4) is 0 Å². The lowest BCUT2D eigenvalue weighted by molar-refractivity contribution is -0.118. The van der Waals surface area contributed by atoms with Gasteiger partial charge >= 0.3 is 0 Å². The van der Waals surface area contributed by atoms with E-state index in [1.54, 1.807) is 7.11 Å². The SMILES string of the molecule is COc1ccc(CC(=O)N(Cc2ccc(C)cc2)c2ccc(C(C)CO)cc2)cc1. The lowest BCUT2D eigenvalue weighted by Crippen LogP contribution is -2.31. The third-order valence-corrected chi connectivity index (χ3v) is 5.32. The fraction of sp³-hybridized carbons (Fsp3) is 0.269. The van der Waals surface area contributed by atoms with Crippen LogP contribution in [0.4, 0.5) is 5.69 Å². The largest absolute Gasteiger partial charge is 0.497 e. The minimum absolute atomic E-state index is 0.0312. The summed E-state index contributed by atoms with van der Waals surface area (Å²) in [6.07, 6.45) is 0.310. The number of carbonyl (C=O) groups is 1. The smallest absolute Gasteiger partial charge is 0.231 e. The van der Waals surface area contributed by atoms with Gasteiger partial charge in [0.1, 0.15) is 5.75 Å². The van der Waals surface area contributed by atoms with Crippen LogP contribution in [-0.2, 0) is 17.8 Å². The van der Waals surface area contributed by atoms with Crippen LogP contribution in [0.25, 0.3) is 0 Å². The van der Waals surface area contributed by atoms with Crippen LogP contribution in [0.5, 0.6) is 5.75 Å². The average molecular weight is 404 g/mol. The lowest BCUT2D eigenvalue weighted by atomic mass is 10.0. The summed E-state index contributed by atoms with van der Waals surface area (Å²) >= 11 is 0. The molecule has 4 heteroatoms. The zero-order valence-electron chi connectivity index (χ0n) is 17.8. The highest BCUT2D eigenvalue weighted by Gasteiger charge is 2.17. The highest BCUT2D eigenvalue weighted by atomic mass is 16.5. The Kier molecular flexibility index (Phi) is 7.26. The number of hydrogen-bond acceptors (Lipinski definition) is 3. The van der Waals surface area contributed by atoms with Crippen molar-refractivity contribution in [2.75, 3.05) is 18.6 Å². The van der Waals surface area contributed by atoms with Crippen molar-refractivity contribution in [3.63, 3.8) is 0 Å². The van der Waals surface area contributed by atoms with Gasteiger partial charge in [0.2, 0.25) is 5.91 Å². The van der Waals surface area contributed by atoms with Crippen LogP contribution in [0.1, 0.15) is 35.1 Å². The first kappa shape index (κ1) is 21.6. The van der Waals surface area contributed by atoms with E-state index in [0.29, 0.717) is 13.0 Å². The molecule has 3 aromatic rings. The monoisotopic (exact) mass is 403 g/mol. The van der Waals surface area contributed by atoms with Crippen molar-refractivity contribution in [3.05, 3.63) is 95.1 Å².